The summed E-state index contributed by atoms with van der Waals surface area (Å²) in [6.07, 6.45) is 1.55. The quantitative estimate of drug-likeness (QED) is 0.751. The zero-order chi connectivity index (χ0) is 15.1. The molecule has 0 radical (unpaired) electrons. The molecule has 0 saturated heterocycles. The lowest BCUT2D eigenvalue weighted by Gasteiger charge is -2.15. The van der Waals surface area contributed by atoms with Gasteiger partial charge in [-0.2, -0.15) is 0 Å². The SMILES string of the molecule is COc1ccc(N[C@H](C)C(=O)NC(=O)NC(C)C)cn1. The van der Waals surface area contributed by atoms with Crippen molar-refractivity contribution in [3.8, 4) is 5.88 Å². The molecule has 0 spiro atoms. The smallest absolute Gasteiger partial charge is 0.321 e. The monoisotopic (exact) mass is 280 g/mol. The Labute approximate surface area is 118 Å². The number of nitrogens with one attached hydrogen (secondary N) is 3. The van der Waals surface area contributed by atoms with Gasteiger partial charge in [-0.3, -0.25) is 10.1 Å². The molecule has 0 aliphatic heterocycles. The molecule has 7 heteroatoms. The van der Waals surface area contributed by atoms with E-state index in [9.17, 15) is 9.59 Å². The molecule has 1 aromatic heterocycles. The van der Waals surface area contributed by atoms with Gasteiger partial charge >= 0.3 is 6.03 Å². The van der Waals surface area contributed by atoms with Gasteiger partial charge in [0, 0.05) is 12.1 Å². The lowest BCUT2D eigenvalue weighted by Crippen LogP contribution is -2.47. The molecule has 3 amide bonds. The van der Waals surface area contributed by atoms with Crippen LogP contribution in [0, 0.1) is 0 Å². The molecule has 0 unspecified atom stereocenters. The number of imide groups is 1. The second-order valence-electron chi connectivity index (χ2n) is 4.57. The predicted octanol–water partition coefficient (Wildman–Crippen LogP) is 1.12. The normalized spacial score (nSPS) is 11.7. The topological polar surface area (TPSA) is 92.4 Å². The van der Waals surface area contributed by atoms with Crippen LogP contribution in [0.5, 0.6) is 5.88 Å². The molecule has 3 N–H and O–H groups in total. The number of hydrogen-bond acceptors (Lipinski definition) is 5. The molecular weight excluding hydrogens is 260 g/mol. The van der Waals surface area contributed by atoms with Gasteiger partial charge in [-0.25, -0.2) is 9.78 Å². The minimum Gasteiger partial charge on any atom is -0.481 e. The van der Waals surface area contributed by atoms with E-state index < -0.39 is 18.0 Å². The summed E-state index contributed by atoms with van der Waals surface area (Å²) in [5, 5.41) is 7.78. The molecule has 0 aliphatic carbocycles. The van der Waals surface area contributed by atoms with Crippen LogP contribution in [-0.2, 0) is 4.79 Å². The van der Waals surface area contributed by atoms with Gasteiger partial charge in [-0.1, -0.05) is 0 Å². The number of carbonyl (C=O) groups excluding carboxylic acids is 2. The number of anilines is 1. The lowest BCUT2D eigenvalue weighted by atomic mass is 10.3. The van der Waals surface area contributed by atoms with Gasteiger partial charge in [0.15, 0.2) is 0 Å². The van der Waals surface area contributed by atoms with Crippen LogP contribution < -0.4 is 20.7 Å². The Morgan fingerprint density at radius 1 is 1.25 bits per heavy atom. The van der Waals surface area contributed by atoms with E-state index in [0.29, 0.717) is 11.6 Å². The summed E-state index contributed by atoms with van der Waals surface area (Å²) in [6, 6.07) is 2.31. The maximum absolute atomic E-state index is 11.8. The number of methoxy groups -OCH3 is 1. The highest BCUT2D eigenvalue weighted by atomic mass is 16.5. The summed E-state index contributed by atoms with van der Waals surface area (Å²) in [7, 11) is 1.53. The maximum Gasteiger partial charge on any atom is 0.321 e. The van der Waals surface area contributed by atoms with E-state index >= 15 is 0 Å². The molecule has 0 aromatic carbocycles. The van der Waals surface area contributed by atoms with Crippen molar-refractivity contribution >= 4 is 17.6 Å². The largest absolute Gasteiger partial charge is 0.481 e. The van der Waals surface area contributed by atoms with Gasteiger partial charge in [-0.15, -0.1) is 0 Å². The maximum atomic E-state index is 11.8. The van der Waals surface area contributed by atoms with Gasteiger partial charge in [-0.05, 0) is 26.8 Å². The summed E-state index contributed by atoms with van der Waals surface area (Å²) in [6.45, 7) is 5.28. The molecule has 1 rings (SSSR count). The average Bonchev–Trinajstić information content (AvgIpc) is 2.38. The van der Waals surface area contributed by atoms with Crippen LogP contribution >= 0.6 is 0 Å². The van der Waals surface area contributed by atoms with Gasteiger partial charge < -0.3 is 15.4 Å². The molecule has 1 atom stereocenters. The second-order valence-corrected chi connectivity index (χ2v) is 4.57. The van der Waals surface area contributed by atoms with Crippen molar-refractivity contribution in [3.63, 3.8) is 0 Å². The first-order valence-corrected chi connectivity index (χ1v) is 6.30. The van der Waals surface area contributed by atoms with E-state index in [2.05, 4.69) is 20.9 Å². The van der Waals surface area contributed by atoms with Gasteiger partial charge in [0.05, 0.1) is 19.0 Å². The zero-order valence-electron chi connectivity index (χ0n) is 12.1. The average molecular weight is 280 g/mol. The van der Waals surface area contributed by atoms with E-state index in [1.807, 2.05) is 13.8 Å². The molecule has 7 nitrogen and oxygen atoms in total. The Morgan fingerprint density at radius 3 is 2.45 bits per heavy atom. The van der Waals surface area contributed by atoms with Crippen molar-refractivity contribution in [1.82, 2.24) is 15.6 Å². The summed E-state index contributed by atoms with van der Waals surface area (Å²) in [4.78, 5) is 27.2. The van der Waals surface area contributed by atoms with Crippen LogP contribution in [0.1, 0.15) is 20.8 Å². The number of rotatable bonds is 5. The Hall–Kier alpha value is -2.31. The summed E-state index contributed by atoms with van der Waals surface area (Å²) < 4.78 is 4.94. The Bertz CT molecular complexity index is 459. The van der Waals surface area contributed by atoms with Crippen LogP contribution in [0.15, 0.2) is 18.3 Å². The van der Waals surface area contributed by atoms with E-state index in [-0.39, 0.29) is 6.04 Å². The number of aromatic nitrogens is 1. The zero-order valence-corrected chi connectivity index (χ0v) is 12.1. The fourth-order valence-electron chi connectivity index (χ4n) is 1.42. The molecule has 0 saturated carbocycles. The number of urea groups is 1. The number of hydrogen-bond donors (Lipinski definition) is 3. The minimum atomic E-state index is -0.567. The van der Waals surface area contributed by atoms with Crippen molar-refractivity contribution in [1.29, 1.82) is 0 Å². The number of carbonyl (C=O) groups is 2. The number of amides is 3. The first kappa shape index (κ1) is 15.7. The molecule has 1 aromatic rings. The standard InChI is InChI=1S/C13H20N4O3/c1-8(2)15-13(19)17-12(18)9(3)16-10-5-6-11(20-4)14-7-10/h5-9,16H,1-4H3,(H2,15,17,18,19)/t9-/m1/s1. The highest BCUT2D eigenvalue weighted by Gasteiger charge is 2.16. The summed E-state index contributed by atoms with van der Waals surface area (Å²) >= 11 is 0. The van der Waals surface area contributed by atoms with Crippen molar-refractivity contribution in [3.05, 3.63) is 18.3 Å². The van der Waals surface area contributed by atoms with Crippen LogP contribution in [0.25, 0.3) is 0 Å². The minimum absolute atomic E-state index is 0.0307. The molecule has 0 fully saturated rings. The molecule has 110 valence electrons. The summed E-state index contributed by atoms with van der Waals surface area (Å²) in [5.74, 6) is 0.0722. The van der Waals surface area contributed by atoms with Crippen molar-refractivity contribution in [2.75, 3.05) is 12.4 Å². The fourth-order valence-corrected chi connectivity index (χ4v) is 1.42. The molecule has 0 bridgehead atoms. The predicted molar refractivity (Wildman–Crippen MR) is 75.7 cm³/mol. The highest BCUT2D eigenvalue weighted by Crippen LogP contribution is 2.11. The Morgan fingerprint density at radius 2 is 1.95 bits per heavy atom. The fraction of sp³-hybridized carbons (Fsp3) is 0.462. The highest BCUT2D eigenvalue weighted by molar-refractivity contribution is 5.98. The first-order chi connectivity index (χ1) is 9.42. The van der Waals surface area contributed by atoms with Crippen LogP contribution in [-0.4, -0.2) is 36.1 Å². The van der Waals surface area contributed by atoms with E-state index in [1.54, 1.807) is 25.3 Å². The van der Waals surface area contributed by atoms with Crippen molar-refractivity contribution in [2.45, 2.75) is 32.9 Å². The third-order valence-corrected chi connectivity index (χ3v) is 2.38. The van der Waals surface area contributed by atoms with Crippen molar-refractivity contribution < 1.29 is 14.3 Å². The van der Waals surface area contributed by atoms with Gasteiger partial charge in [0.1, 0.15) is 6.04 Å². The third kappa shape index (κ3) is 5.13. The van der Waals surface area contributed by atoms with E-state index in [0.717, 1.165) is 0 Å². The Balaban J connectivity index is 2.50. The van der Waals surface area contributed by atoms with Gasteiger partial charge in [0.25, 0.3) is 0 Å². The number of pyridine rings is 1. The van der Waals surface area contributed by atoms with Gasteiger partial charge in [0.2, 0.25) is 11.8 Å². The lowest BCUT2D eigenvalue weighted by molar-refractivity contribution is -0.120. The molecule has 20 heavy (non-hydrogen) atoms. The molecular formula is C13H20N4O3. The second kappa shape index (κ2) is 7.32. The van der Waals surface area contributed by atoms with Crippen LogP contribution in [0.3, 0.4) is 0 Å². The first-order valence-electron chi connectivity index (χ1n) is 6.30. The van der Waals surface area contributed by atoms with Crippen molar-refractivity contribution in [2.24, 2.45) is 0 Å². The van der Waals surface area contributed by atoms with E-state index in [1.165, 1.54) is 7.11 Å². The third-order valence-electron chi connectivity index (χ3n) is 2.38. The summed E-state index contributed by atoms with van der Waals surface area (Å²) in [5.41, 5.74) is 0.665. The molecule has 0 aliphatic rings. The van der Waals surface area contributed by atoms with E-state index in [4.69, 9.17) is 4.74 Å². The van der Waals surface area contributed by atoms with Crippen LogP contribution in [0.4, 0.5) is 10.5 Å². The van der Waals surface area contributed by atoms with Crippen LogP contribution in [0.2, 0.25) is 0 Å². The number of ether oxygens (including phenoxy) is 1. The number of nitrogens with zero attached hydrogens (tertiary/aromatic N) is 1. The molecule has 1 heterocycles. The Kier molecular flexibility index (Phi) is 5.76.